The lowest BCUT2D eigenvalue weighted by Gasteiger charge is -2.10. The predicted octanol–water partition coefficient (Wildman–Crippen LogP) is 4.49. The highest BCUT2D eigenvalue weighted by Gasteiger charge is 2.26. The number of benzene rings is 1. The van der Waals surface area contributed by atoms with Gasteiger partial charge in [0.25, 0.3) is 5.91 Å². The van der Waals surface area contributed by atoms with Crippen LogP contribution in [0, 0.1) is 0 Å². The van der Waals surface area contributed by atoms with Crippen molar-refractivity contribution < 1.29 is 4.79 Å². The van der Waals surface area contributed by atoms with Gasteiger partial charge in [-0.25, -0.2) is 0 Å². The highest BCUT2D eigenvalue weighted by molar-refractivity contribution is 9.10. The molecule has 98 valence electrons. The van der Waals surface area contributed by atoms with Crippen LogP contribution in [0.4, 0.5) is 5.69 Å². The van der Waals surface area contributed by atoms with Gasteiger partial charge in [0.1, 0.15) is 5.69 Å². The SMILES string of the molecule is O=C(Nc1cc(Br)ccc1Cl)c1cccn1C1CC1. The van der Waals surface area contributed by atoms with E-state index in [9.17, 15) is 4.79 Å². The molecule has 0 unspecified atom stereocenters. The first-order chi connectivity index (χ1) is 9.15. The Bertz CT molecular complexity index is 634. The average molecular weight is 340 g/mol. The topological polar surface area (TPSA) is 34.0 Å². The highest BCUT2D eigenvalue weighted by Crippen LogP contribution is 2.36. The third kappa shape index (κ3) is 2.69. The van der Waals surface area contributed by atoms with Crippen LogP contribution in [0.25, 0.3) is 0 Å². The molecule has 19 heavy (non-hydrogen) atoms. The quantitative estimate of drug-likeness (QED) is 0.878. The fourth-order valence-corrected chi connectivity index (χ4v) is 2.56. The first kappa shape index (κ1) is 12.8. The van der Waals surface area contributed by atoms with Crippen molar-refractivity contribution in [1.82, 2.24) is 4.57 Å². The number of carbonyl (C=O) groups excluding carboxylic acids is 1. The zero-order valence-corrected chi connectivity index (χ0v) is 12.4. The van der Waals surface area contributed by atoms with Crippen LogP contribution in [0.5, 0.6) is 0 Å². The summed E-state index contributed by atoms with van der Waals surface area (Å²) in [7, 11) is 0. The number of amides is 1. The second-order valence-electron chi connectivity index (χ2n) is 4.61. The van der Waals surface area contributed by atoms with Crippen LogP contribution in [0.3, 0.4) is 0 Å². The maximum Gasteiger partial charge on any atom is 0.272 e. The maximum absolute atomic E-state index is 12.3. The molecule has 0 radical (unpaired) electrons. The number of carbonyl (C=O) groups is 1. The Morgan fingerprint density at radius 3 is 2.89 bits per heavy atom. The van der Waals surface area contributed by atoms with E-state index < -0.39 is 0 Å². The third-order valence-electron chi connectivity index (χ3n) is 3.13. The number of hydrogen-bond donors (Lipinski definition) is 1. The molecular formula is C14H12BrClN2O. The molecule has 2 aromatic rings. The Balaban J connectivity index is 1.84. The van der Waals surface area contributed by atoms with Crippen LogP contribution in [0.15, 0.2) is 41.0 Å². The van der Waals surface area contributed by atoms with Gasteiger partial charge < -0.3 is 9.88 Å². The molecule has 3 nitrogen and oxygen atoms in total. The summed E-state index contributed by atoms with van der Waals surface area (Å²) in [5.74, 6) is -0.128. The molecule has 1 aromatic heterocycles. The van der Waals surface area contributed by atoms with Crippen molar-refractivity contribution in [1.29, 1.82) is 0 Å². The lowest BCUT2D eigenvalue weighted by molar-refractivity contribution is 0.101. The number of rotatable bonds is 3. The van der Waals surface area contributed by atoms with Gasteiger partial charge in [-0.15, -0.1) is 0 Å². The minimum atomic E-state index is -0.128. The molecule has 1 aliphatic rings. The molecule has 0 spiro atoms. The van der Waals surface area contributed by atoms with Gasteiger partial charge in [0, 0.05) is 16.7 Å². The molecule has 1 amide bonds. The van der Waals surface area contributed by atoms with E-state index in [1.807, 2.05) is 29.0 Å². The lowest BCUT2D eigenvalue weighted by Crippen LogP contribution is -2.16. The van der Waals surface area contributed by atoms with E-state index in [2.05, 4.69) is 21.2 Å². The minimum Gasteiger partial charge on any atom is -0.340 e. The van der Waals surface area contributed by atoms with Crippen molar-refractivity contribution in [3.05, 3.63) is 51.7 Å². The molecule has 3 rings (SSSR count). The Labute approximate surface area is 124 Å². The van der Waals surface area contributed by atoms with E-state index in [0.717, 1.165) is 17.3 Å². The second-order valence-corrected chi connectivity index (χ2v) is 5.93. The van der Waals surface area contributed by atoms with Gasteiger partial charge >= 0.3 is 0 Å². The third-order valence-corrected chi connectivity index (χ3v) is 3.95. The molecule has 1 saturated carbocycles. The van der Waals surface area contributed by atoms with Crippen LogP contribution < -0.4 is 5.32 Å². The summed E-state index contributed by atoms with van der Waals surface area (Å²) in [5.41, 5.74) is 1.29. The van der Waals surface area contributed by atoms with Crippen molar-refractivity contribution in [2.45, 2.75) is 18.9 Å². The number of nitrogens with zero attached hydrogens (tertiary/aromatic N) is 1. The highest BCUT2D eigenvalue weighted by atomic mass is 79.9. The number of hydrogen-bond acceptors (Lipinski definition) is 1. The van der Waals surface area contributed by atoms with Gasteiger partial charge in [-0.05, 0) is 43.2 Å². The van der Waals surface area contributed by atoms with Crippen LogP contribution in [0.1, 0.15) is 29.4 Å². The number of nitrogens with one attached hydrogen (secondary N) is 1. The molecule has 1 heterocycles. The summed E-state index contributed by atoms with van der Waals surface area (Å²) in [6.45, 7) is 0. The Morgan fingerprint density at radius 1 is 1.37 bits per heavy atom. The Kier molecular flexibility index (Phi) is 3.37. The van der Waals surface area contributed by atoms with Gasteiger partial charge in [0.05, 0.1) is 10.7 Å². The number of aromatic nitrogens is 1. The normalized spacial score (nSPS) is 14.4. The summed E-state index contributed by atoms with van der Waals surface area (Å²) < 4.78 is 2.91. The number of halogens is 2. The van der Waals surface area contributed by atoms with Crippen LogP contribution in [-0.2, 0) is 0 Å². The predicted molar refractivity (Wildman–Crippen MR) is 79.8 cm³/mol. The molecule has 0 aliphatic heterocycles. The van der Waals surface area contributed by atoms with E-state index in [0.29, 0.717) is 22.4 Å². The van der Waals surface area contributed by atoms with Gasteiger partial charge in [-0.3, -0.25) is 4.79 Å². The van der Waals surface area contributed by atoms with Crippen LogP contribution in [-0.4, -0.2) is 10.5 Å². The molecule has 0 atom stereocenters. The Morgan fingerprint density at radius 2 is 2.16 bits per heavy atom. The van der Waals surface area contributed by atoms with E-state index in [4.69, 9.17) is 11.6 Å². The van der Waals surface area contributed by atoms with Gasteiger partial charge in [0.15, 0.2) is 0 Å². The summed E-state index contributed by atoms with van der Waals surface area (Å²) in [6, 6.07) is 9.60. The van der Waals surface area contributed by atoms with E-state index in [1.54, 1.807) is 12.1 Å². The fourth-order valence-electron chi connectivity index (χ4n) is 2.04. The number of anilines is 1. The maximum atomic E-state index is 12.3. The van der Waals surface area contributed by atoms with Gasteiger partial charge in [-0.1, -0.05) is 27.5 Å². The standard InChI is InChI=1S/C14H12BrClN2O/c15-9-3-6-11(16)12(8-9)17-14(19)13-2-1-7-18(13)10-4-5-10/h1-3,6-8,10H,4-5H2,(H,17,19). The van der Waals surface area contributed by atoms with Crippen LogP contribution >= 0.6 is 27.5 Å². The molecule has 0 saturated heterocycles. The van der Waals surface area contributed by atoms with Crippen molar-refractivity contribution in [3.63, 3.8) is 0 Å². The van der Waals surface area contributed by atoms with Crippen LogP contribution in [0.2, 0.25) is 5.02 Å². The van der Waals surface area contributed by atoms with Crippen molar-refractivity contribution in [2.75, 3.05) is 5.32 Å². The van der Waals surface area contributed by atoms with Gasteiger partial charge in [0.2, 0.25) is 0 Å². The second kappa shape index (κ2) is 5.02. The minimum absolute atomic E-state index is 0.128. The van der Waals surface area contributed by atoms with Crippen molar-refractivity contribution in [2.24, 2.45) is 0 Å². The zero-order valence-electron chi connectivity index (χ0n) is 10.1. The summed E-state index contributed by atoms with van der Waals surface area (Å²) in [6.07, 6.45) is 4.24. The van der Waals surface area contributed by atoms with Gasteiger partial charge in [-0.2, -0.15) is 0 Å². The smallest absolute Gasteiger partial charge is 0.272 e. The van der Waals surface area contributed by atoms with E-state index >= 15 is 0 Å². The molecule has 0 bridgehead atoms. The largest absolute Gasteiger partial charge is 0.340 e. The fraction of sp³-hybridized carbons (Fsp3) is 0.214. The first-order valence-electron chi connectivity index (χ1n) is 6.08. The van der Waals surface area contributed by atoms with Crippen molar-refractivity contribution in [3.8, 4) is 0 Å². The summed E-state index contributed by atoms with van der Waals surface area (Å²) in [5, 5.41) is 3.38. The molecular weight excluding hydrogens is 328 g/mol. The lowest BCUT2D eigenvalue weighted by atomic mass is 10.3. The van der Waals surface area contributed by atoms with Crippen molar-refractivity contribution >= 4 is 39.1 Å². The molecule has 5 heteroatoms. The average Bonchev–Trinajstić information content (AvgIpc) is 3.11. The zero-order chi connectivity index (χ0) is 13.4. The molecule has 1 aliphatic carbocycles. The Hall–Kier alpha value is -1.26. The monoisotopic (exact) mass is 338 g/mol. The van der Waals surface area contributed by atoms with E-state index in [1.165, 1.54) is 0 Å². The molecule has 1 aromatic carbocycles. The summed E-state index contributed by atoms with van der Waals surface area (Å²) in [4.78, 5) is 12.3. The summed E-state index contributed by atoms with van der Waals surface area (Å²) >= 11 is 9.44. The van der Waals surface area contributed by atoms with E-state index in [-0.39, 0.29) is 5.91 Å². The molecule has 1 fully saturated rings. The first-order valence-corrected chi connectivity index (χ1v) is 7.25. The molecule has 1 N–H and O–H groups in total.